The average Bonchev–Trinajstić information content (AvgIpc) is 3.17. The zero-order valence-electron chi connectivity index (χ0n) is 19.0. The summed E-state index contributed by atoms with van der Waals surface area (Å²) in [6, 6.07) is 7.51. The summed E-state index contributed by atoms with van der Waals surface area (Å²) in [7, 11) is 0. The van der Waals surface area contributed by atoms with Crippen LogP contribution in [0.4, 0.5) is 0 Å². The van der Waals surface area contributed by atoms with E-state index in [2.05, 4.69) is 15.6 Å². The number of hydrogen-bond donors (Lipinski definition) is 3. The molecule has 1 aromatic heterocycles. The van der Waals surface area contributed by atoms with Gasteiger partial charge in [-0.15, -0.1) is 5.10 Å². The van der Waals surface area contributed by atoms with Crippen LogP contribution in [0, 0.1) is 6.92 Å². The van der Waals surface area contributed by atoms with Crippen LogP contribution in [0.15, 0.2) is 30.5 Å². The maximum Gasteiger partial charge on any atom is 0.252 e. The number of rotatable bonds is 8. The number of aliphatic hydroxyl groups excluding tert-OH is 2. The average molecular weight is 449 g/mol. The van der Waals surface area contributed by atoms with Crippen molar-refractivity contribution >= 4 is 5.91 Å². The molecule has 32 heavy (non-hydrogen) atoms. The molecule has 1 amide bonds. The smallest absolute Gasteiger partial charge is 0.252 e. The Hall–Kier alpha value is -2.37. The van der Waals surface area contributed by atoms with Gasteiger partial charge in [-0.25, -0.2) is 4.68 Å². The predicted octanol–water partition coefficient (Wildman–Crippen LogP) is 0.857. The van der Waals surface area contributed by atoms with Crippen molar-refractivity contribution in [3.63, 3.8) is 0 Å². The molecule has 10 heteroatoms. The number of amides is 1. The van der Waals surface area contributed by atoms with Gasteiger partial charge in [-0.3, -0.25) is 4.79 Å². The summed E-state index contributed by atoms with van der Waals surface area (Å²) < 4.78 is 18.7. The molecule has 1 aliphatic rings. The van der Waals surface area contributed by atoms with Crippen LogP contribution in [0.3, 0.4) is 0 Å². The minimum atomic E-state index is -1.34. The molecule has 0 saturated carbocycles. The first kappa shape index (κ1) is 24.3. The topological polar surface area (TPSA) is 128 Å². The van der Waals surface area contributed by atoms with Crippen LogP contribution < -0.4 is 5.32 Å². The van der Waals surface area contributed by atoms with Crippen molar-refractivity contribution in [3.05, 3.63) is 41.7 Å². The van der Waals surface area contributed by atoms with Gasteiger partial charge in [0.2, 0.25) is 0 Å². The Morgan fingerprint density at radius 2 is 1.78 bits per heavy atom. The van der Waals surface area contributed by atoms with E-state index in [4.69, 9.17) is 14.2 Å². The summed E-state index contributed by atoms with van der Waals surface area (Å²) in [5.74, 6) is -0.463. The number of aryl methyl sites for hydroxylation is 1. The van der Waals surface area contributed by atoms with Gasteiger partial charge >= 0.3 is 0 Å². The van der Waals surface area contributed by atoms with E-state index in [1.54, 1.807) is 32.4 Å². The normalized spacial score (nSPS) is 26.0. The molecule has 10 nitrogen and oxygen atoms in total. The van der Waals surface area contributed by atoms with Gasteiger partial charge in [-0.1, -0.05) is 17.3 Å². The number of nitrogens with one attached hydrogen (secondary N) is 1. The molecule has 2 heterocycles. The summed E-state index contributed by atoms with van der Waals surface area (Å²) in [4.78, 5) is 13.0. The third-order valence-corrected chi connectivity index (χ3v) is 4.91. The van der Waals surface area contributed by atoms with Gasteiger partial charge < -0.3 is 29.7 Å². The van der Waals surface area contributed by atoms with Crippen LogP contribution in [0.25, 0.3) is 5.69 Å². The van der Waals surface area contributed by atoms with E-state index in [1.165, 1.54) is 0 Å². The molecule has 2 aromatic rings. The third kappa shape index (κ3) is 5.90. The molecule has 1 fully saturated rings. The maximum atomic E-state index is 13.0. The molecule has 3 rings (SSSR count). The molecule has 0 aliphatic carbocycles. The van der Waals surface area contributed by atoms with Crippen LogP contribution in [0.5, 0.6) is 0 Å². The Morgan fingerprint density at radius 3 is 2.34 bits per heavy atom. The van der Waals surface area contributed by atoms with Gasteiger partial charge in [0.05, 0.1) is 29.8 Å². The fourth-order valence-corrected chi connectivity index (χ4v) is 3.42. The molecule has 1 aliphatic heterocycles. The van der Waals surface area contributed by atoms with Crippen molar-refractivity contribution < 1.29 is 29.2 Å². The second-order valence-corrected chi connectivity index (χ2v) is 8.43. The van der Waals surface area contributed by atoms with Gasteiger partial charge in [0.25, 0.3) is 5.91 Å². The van der Waals surface area contributed by atoms with E-state index in [-0.39, 0.29) is 18.8 Å². The molecule has 176 valence electrons. The van der Waals surface area contributed by atoms with E-state index in [9.17, 15) is 15.0 Å². The fraction of sp³-hybridized carbons (Fsp3) is 0.591. The number of hydrogen-bond acceptors (Lipinski definition) is 8. The number of nitrogens with zero attached hydrogens (tertiary/aromatic N) is 3. The highest BCUT2D eigenvalue weighted by Crippen LogP contribution is 2.26. The lowest BCUT2D eigenvalue weighted by atomic mass is 9.97. The van der Waals surface area contributed by atoms with Crippen LogP contribution in [0.1, 0.15) is 39.0 Å². The molecule has 1 aromatic carbocycles. The van der Waals surface area contributed by atoms with Crippen molar-refractivity contribution in [2.45, 2.75) is 84.1 Å². The molecule has 1 saturated heterocycles. The highest BCUT2D eigenvalue weighted by molar-refractivity contribution is 5.81. The van der Waals surface area contributed by atoms with E-state index in [0.29, 0.717) is 0 Å². The van der Waals surface area contributed by atoms with Crippen molar-refractivity contribution in [2.24, 2.45) is 0 Å². The lowest BCUT2D eigenvalue weighted by Crippen LogP contribution is -2.63. The van der Waals surface area contributed by atoms with E-state index in [1.807, 2.05) is 37.4 Å². The molecule has 1 unspecified atom stereocenters. The Kier molecular flexibility index (Phi) is 7.96. The van der Waals surface area contributed by atoms with Crippen molar-refractivity contribution in [1.82, 2.24) is 20.3 Å². The first-order valence-corrected chi connectivity index (χ1v) is 10.7. The van der Waals surface area contributed by atoms with Crippen LogP contribution in [-0.4, -0.2) is 74.0 Å². The lowest BCUT2D eigenvalue weighted by Gasteiger charge is -2.42. The Labute approximate surface area is 187 Å². The summed E-state index contributed by atoms with van der Waals surface area (Å²) in [6.45, 7) is 9.23. The summed E-state index contributed by atoms with van der Waals surface area (Å²) >= 11 is 0. The molecule has 0 radical (unpaired) electrons. The second kappa shape index (κ2) is 10.5. The second-order valence-electron chi connectivity index (χ2n) is 8.43. The van der Waals surface area contributed by atoms with Gasteiger partial charge in [0.15, 0.2) is 12.4 Å². The molecule has 0 bridgehead atoms. The van der Waals surface area contributed by atoms with Crippen LogP contribution in [-0.2, 0) is 25.5 Å². The van der Waals surface area contributed by atoms with E-state index >= 15 is 0 Å². The van der Waals surface area contributed by atoms with Gasteiger partial charge in [-0.2, -0.15) is 0 Å². The standard InChI is InChI=1S/C22H32N4O6/c1-12(2)30-19-17(27)18(28)22(31-13(3)4)32-20(19)21(29)23-10-15-6-8-16(9-7-15)26-11-14(5)24-25-26/h6-9,11-13,17-20,22,27-28H,10H2,1-5H3,(H,23,29)/t17-,18+,19+,20?,22-/m1/s1. The van der Waals surface area contributed by atoms with Crippen LogP contribution >= 0.6 is 0 Å². The number of carbonyl (C=O) groups excluding carboxylic acids is 1. The summed E-state index contributed by atoms with van der Waals surface area (Å²) in [5, 5.41) is 31.8. The zero-order chi connectivity index (χ0) is 23.4. The largest absolute Gasteiger partial charge is 0.387 e. The number of carbonyl (C=O) groups is 1. The maximum absolute atomic E-state index is 13.0. The van der Waals surface area contributed by atoms with Gasteiger partial charge in [0.1, 0.15) is 18.3 Å². The first-order chi connectivity index (χ1) is 15.2. The SMILES string of the molecule is Cc1cn(-c2ccc(CNC(=O)C3O[C@@H](OC(C)C)[C@@H](O)[C@@H](O)[C@@H]3OC(C)C)cc2)nn1. The lowest BCUT2D eigenvalue weighted by molar-refractivity contribution is -0.307. The van der Waals surface area contributed by atoms with E-state index in [0.717, 1.165) is 16.9 Å². The van der Waals surface area contributed by atoms with Gasteiger partial charge in [-0.05, 0) is 52.3 Å². The van der Waals surface area contributed by atoms with Crippen LogP contribution in [0.2, 0.25) is 0 Å². The molecule has 3 N–H and O–H groups in total. The van der Waals surface area contributed by atoms with E-state index < -0.39 is 36.6 Å². The summed E-state index contributed by atoms with van der Waals surface area (Å²) in [5.41, 5.74) is 2.54. The number of aromatic nitrogens is 3. The third-order valence-electron chi connectivity index (χ3n) is 4.91. The van der Waals surface area contributed by atoms with Crippen molar-refractivity contribution in [2.75, 3.05) is 0 Å². The Bertz CT molecular complexity index is 885. The quantitative estimate of drug-likeness (QED) is 0.543. The fourth-order valence-electron chi connectivity index (χ4n) is 3.42. The van der Waals surface area contributed by atoms with Gasteiger partial charge in [0, 0.05) is 6.54 Å². The first-order valence-electron chi connectivity index (χ1n) is 10.7. The number of benzene rings is 1. The molecular formula is C22H32N4O6. The number of ether oxygens (including phenoxy) is 3. The minimum Gasteiger partial charge on any atom is -0.387 e. The van der Waals surface area contributed by atoms with Crippen molar-refractivity contribution in [3.8, 4) is 5.69 Å². The highest BCUT2D eigenvalue weighted by atomic mass is 16.7. The predicted molar refractivity (Wildman–Crippen MR) is 115 cm³/mol. The van der Waals surface area contributed by atoms with Crippen molar-refractivity contribution in [1.29, 1.82) is 0 Å². The Morgan fingerprint density at radius 1 is 1.12 bits per heavy atom. The Balaban J connectivity index is 1.67. The highest BCUT2D eigenvalue weighted by Gasteiger charge is 2.49. The zero-order valence-corrected chi connectivity index (χ0v) is 19.0. The monoisotopic (exact) mass is 448 g/mol. The molecule has 0 spiro atoms. The summed E-state index contributed by atoms with van der Waals surface area (Å²) in [6.07, 6.45) is -4.71. The minimum absolute atomic E-state index is 0.248. The molecular weight excluding hydrogens is 416 g/mol. The number of aliphatic hydroxyl groups is 2. The molecule has 5 atom stereocenters.